The molecule has 1 N–H and O–H groups in total. The summed E-state index contributed by atoms with van der Waals surface area (Å²) in [6, 6.07) is 0. The fourth-order valence-electron chi connectivity index (χ4n) is 4.16. The van der Waals surface area contributed by atoms with Gasteiger partial charge in [-0.1, -0.05) is 18.2 Å². The van der Waals surface area contributed by atoms with Gasteiger partial charge in [0.25, 0.3) is 0 Å². The maximum Gasteiger partial charge on any atom is 0.432 e. The number of imidazole rings is 1. The van der Waals surface area contributed by atoms with Crippen LogP contribution in [-0.4, -0.2) is 33.3 Å². The summed E-state index contributed by atoms with van der Waals surface area (Å²) in [6.07, 6.45) is 7.53. The lowest BCUT2D eigenvalue weighted by atomic mass is 9.95. The molecule has 1 saturated heterocycles. The predicted octanol–water partition coefficient (Wildman–Crippen LogP) is 5.04. The summed E-state index contributed by atoms with van der Waals surface area (Å²) in [5.74, 6) is 1.29. The average Bonchev–Trinajstić information content (AvgIpc) is 3.24. The van der Waals surface area contributed by atoms with Crippen molar-refractivity contribution in [2.24, 2.45) is 0 Å². The fourth-order valence-corrected chi connectivity index (χ4v) is 4.16. The van der Waals surface area contributed by atoms with E-state index in [1.54, 1.807) is 0 Å². The predicted molar refractivity (Wildman–Crippen MR) is 109 cm³/mol. The topological polar surface area (TPSA) is 57.7 Å². The zero-order valence-electron chi connectivity index (χ0n) is 17.3. The molecule has 0 saturated carbocycles. The molecule has 0 amide bonds. The molecule has 2 aromatic heterocycles. The molecule has 2 aromatic rings. The lowest BCUT2D eigenvalue weighted by Gasteiger charge is -2.33. The molecule has 0 aromatic carbocycles. The molecule has 1 aliphatic heterocycles. The van der Waals surface area contributed by atoms with E-state index in [0.717, 1.165) is 74.0 Å². The lowest BCUT2D eigenvalue weighted by Crippen LogP contribution is -2.34. The number of aromatic nitrogens is 4. The molecule has 160 valence electrons. The Hall–Kier alpha value is -2.64. The van der Waals surface area contributed by atoms with E-state index in [0.29, 0.717) is 5.82 Å². The molecule has 0 unspecified atom stereocenters. The molecule has 2 aliphatic rings. The van der Waals surface area contributed by atoms with Crippen molar-refractivity contribution < 1.29 is 13.2 Å². The van der Waals surface area contributed by atoms with Crippen LogP contribution in [0.15, 0.2) is 30.0 Å². The molecule has 0 radical (unpaired) electrons. The van der Waals surface area contributed by atoms with Crippen LogP contribution in [0.1, 0.15) is 59.9 Å². The van der Waals surface area contributed by atoms with Crippen LogP contribution in [0.2, 0.25) is 0 Å². The summed E-state index contributed by atoms with van der Waals surface area (Å²) in [7, 11) is 0. The van der Waals surface area contributed by atoms with Gasteiger partial charge >= 0.3 is 6.18 Å². The minimum Gasteiger partial charge on any atom is -0.355 e. The quantitative estimate of drug-likeness (QED) is 0.757. The Balaban J connectivity index is 1.43. The van der Waals surface area contributed by atoms with Gasteiger partial charge < -0.3 is 9.88 Å². The maximum atomic E-state index is 12.8. The molecular formula is C22H26F3N5. The second kappa shape index (κ2) is 8.24. The first-order chi connectivity index (χ1) is 14.3. The van der Waals surface area contributed by atoms with Crippen LogP contribution in [0, 0.1) is 13.8 Å². The third kappa shape index (κ3) is 4.27. The Kier molecular flexibility index (Phi) is 5.66. The van der Waals surface area contributed by atoms with Crippen molar-refractivity contribution in [3.63, 3.8) is 0 Å². The summed E-state index contributed by atoms with van der Waals surface area (Å²) >= 11 is 0. The van der Waals surface area contributed by atoms with Crippen LogP contribution < -0.4 is 4.90 Å². The Labute approximate surface area is 174 Å². The van der Waals surface area contributed by atoms with Crippen LogP contribution in [-0.2, 0) is 12.6 Å². The van der Waals surface area contributed by atoms with Crippen LogP contribution in [0.4, 0.5) is 19.0 Å². The fraction of sp³-hybridized carbons (Fsp3) is 0.500. The second-order valence-electron chi connectivity index (χ2n) is 8.10. The highest BCUT2D eigenvalue weighted by Gasteiger charge is 2.34. The van der Waals surface area contributed by atoms with Gasteiger partial charge in [-0.2, -0.15) is 18.3 Å². The summed E-state index contributed by atoms with van der Waals surface area (Å²) in [5, 5.41) is 9.02. The van der Waals surface area contributed by atoms with E-state index in [-0.39, 0.29) is 5.92 Å². The number of allylic oxidation sites excluding steroid dienone is 4. The highest BCUT2D eigenvalue weighted by molar-refractivity contribution is 5.51. The molecule has 0 bridgehead atoms. The molecule has 30 heavy (non-hydrogen) atoms. The van der Waals surface area contributed by atoms with E-state index >= 15 is 0 Å². The van der Waals surface area contributed by atoms with Gasteiger partial charge in [-0.25, -0.2) is 4.98 Å². The van der Waals surface area contributed by atoms with Crippen LogP contribution in [0.25, 0.3) is 0 Å². The van der Waals surface area contributed by atoms with E-state index < -0.39 is 11.9 Å². The number of nitrogens with one attached hydrogen (secondary N) is 1. The minimum atomic E-state index is -4.39. The van der Waals surface area contributed by atoms with E-state index in [4.69, 9.17) is 0 Å². The van der Waals surface area contributed by atoms with Gasteiger partial charge in [0.1, 0.15) is 11.5 Å². The van der Waals surface area contributed by atoms with E-state index in [1.807, 2.05) is 0 Å². The van der Waals surface area contributed by atoms with Crippen molar-refractivity contribution in [2.75, 3.05) is 18.0 Å². The first kappa shape index (κ1) is 20.6. The summed E-state index contributed by atoms with van der Waals surface area (Å²) in [5.41, 5.74) is 3.78. The van der Waals surface area contributed by atoms with Crippen molar-refractivity contribution in [3.8, 4) is 0 Å². The molecule has 4 rings (SSSR count). The number of anilines is 1. The number of halogens is 3. The van der Waals surface area contributed by atoms with Gasteiger partial charge in [0, 0.05) is 25.4 Å². The molecule has 5 nitrogen and oxygen atoms in total. The molecule has 3 heterocycles. The maximum absolute atomic E-state index is 12.8. The second-order valence-corrected chi connectivity index (χ2v) is 8.10. The van der Waals surface area contributed by atoms with Gasteiger partial charge in [0.05, 0.1) is 11.9 Å². The van der Waals surface area contributed by atoms with Crippen molar-refractivity contribution in [3.05, 3.63) is 58.3 Å². The first-order valence-corrected chi connectivity index (χ1v) is 10.4. The van der Waals surface area contributed by atoms with Gasteiger partial charge in [0.2, 0.25) is 0 Å². The highest BCUT2D eigenvalue weighted by Crippen LogP contribution is 2.33. The summed E-state index contributed by atoms with van der Waals surface area (Å²) in [6.45, 7) is 5.59. The SMILES string of the molecule is Cc1c(CC2=CCCC=C2)nnc(N2CCC(c3ncc(C(F)(F)F)[nH]3)CC2)c1C. The van der Waals surface area contributed by atoms with E-state index in [9.17, 15) is 13.2 Å². The number of aromatic amines is 1. The zero-order chi connectivity index (χ0) is 21.3. The molecule has 1 fully saturated rings. The van der Waals surface area contributed by atoms with Crippen LogP contribution in [0.5, 0.6) is 0 Å². The molecule has 8 heteroatoms. The third-order valence-electron chi connectivity index (χ3n) is 6.12. The summed E-state index contributed by atoms with van der Waals surface area (Å²) in [4.78, 5) is 8.60. The smallest absolute Gasteiger partial charge is 0.355 e. The Morgan fingerprint density at radius 1 is 1.10 bits per heavy atom. The van der Waals surface area contributed by atoms with E-state index in [1.165, 1.54) is 5.57 Å². The van der Waals surface area contributed by atoms with Crippen LogP contribution in [0.3, 0.4) is 0 Å². The van der Waals surface area contributed by atoms with Crippen LogP contribution >= 0.6 is 0 Å². The minimum absolute atomic E-state index is 0.00369. The number of hydrogen-bond acceptors (Lipinski definition) is 4. The van der Waals surface area contributed by atoms with Gasteiger partial charge in [-0.05, 0) is 56.2 Å². The van der Waals surface area contributed by atoms with Gasteiger partial charge in [-0.3, -0.25) is 0 Å². The number of alkyl halides is 3. The largest absolute Gasteiger partial charge is 0.432 e. The molecule has 0 atom stereocenters. The average molecular weight is 417 g/mol. The van der Waals surface area contributed by atoms with Crippen molar-refractivity contribution >= 4 is 5.82 Å². The zero-order valence-corrected chi connectivity index (χ0v) is 17.3. The first-order valence-electron chi connectivity index (χ1n) is 10.4. The van der Waals surface area contributed by atoms with Crippen molar-refractivity contribution in [1.29, 1.82) is 0 Å². The highest BCUT2D eigenvalue weighted by atomic mass is 19.4. The standard InChI is InChI=1S/C22H26F3N5/c1-14-15(2)21(29-28-18(14)12-16-6-4-3-5-7-16)30-10-8-17(9-11-30)20-26-13-19(27-20)22(23,24)25/h4,6-7,13,17H,3,5,8-12H2,1-2H3,(H,26,27). The Morgan fingerprint density at radius 2 is 1.87 bits per heavy atom. The number of hydrogen-bond donors (Lipinski definition) is 1. The number of H-pyrrole nitrogens is 1. The number of nitrogens with zero attached hydrogens (tertiary/aromatic N) is 4. The number of rotatable bonds is 4. The monoisotopic (exact) mass is 417 g/mol. The number of piperidine rings is 1. The van der Waals surface area contributed by atoms with Crippen molar-refractivity contribution in [1.82, 2.24) is 20.2 Å². The Morgan fingerprint density at radius 3 is 2.50 bits per heavy atom. The molecular weight excluding hydrogens is 391 g/mol. The molecule has 1 aliphatic carbocycles. The van der Waals surface area contributed by atoms with Gasteiger partial charge in [0.15, 0.2) is 5.82 Å². The summed E-state index contributed by atoms with van der Waals surface area (Å²) < 4.78 is 38.4. The van der Waals surface area contributed by atoms with Crippen molar-refractivity contribution in [2.45, 2.75) is 58.0 Å². The lowest BCUT2D eigenvalue weighted by molar-refractivity contribution is -0.141. The Bertz CT molecular complexity index is 966. The normalized spacial score (nSPS) is 18.0. The van der Waals surface area contributed by atoms with Gasteiger partial charge in [-0.15, -0.1) is 5.10 Å². The third-order valence-corrected chi connectivity index (χ3v) is 6.12. The molecule has 0 spiro atoms. The van der Waals surface area contributed by atoms with E-state index in [2.05, 4.69) is 57.1 Å².